The van der Waals surface area contributed by atoms with Gasteiger partial charge in [-0.2, -0.15) is 4.39 Å². The summed E-state index contributed by atoms with van der Waals surface area (Å²) in [6.07, 6.45) is 57.6. The molecule has 0 spiro atoms. The van der Waals surface area contributed by atoms with E-state index in [2.05, 4.69) is 96.1 Å². The van der Waals surface area contributed by atoms with Crippen molar-refractivity contribution in [2.75, 3.05) is 248 Å². The van der Waals surface area contributed by atoms with Crippen LogP contribution in [0.25, 0.3) is 0 Å². The van der Waals surface area contributed by atoms with Gasteiger partial charge >= 0.3 is 0 Å². The van der Waals surface area contributed by atoms with E-state index in [1.807, 2.05) is 56.1 Å². The van der Waals surface area contributed by atoms with Gasteiger partial charge in [0.1, 0.15) is 95.6 Å². The number of piperidine rings is 3. The molecule has 1 unspecified atom stereocenters. The summed E-state index contributed by atoms with van der Waals surface area (Å²) in [6.45, 7) is 35.8. The minimum absolute atomic E-state index is 0.105. The lowest BCUT2D eigenvalue weighted by atomic mass is 10.00. The molecule has 5 aliphatic rings. The quantitative estimate of drug-likeness (QED) is 0.0382. The smallest absolute Gasteiger partial charge is 0.222 e. The number of terminal acetylenes is 8. The standard InChI is InChI=1S/C11H18NO.C10H16NO.2C10H18NO.C9H15FN.C9H20NO.C9H16NO.C8H12N.C7H16NO/c1-3-7-12(10-11(2)13)8-5-4-6-9-12;1-3-6-11(9-10(2)12)7-4-5-8-11;2*1-6-7-11(4,5)8-9(2)10(3)12;1-2-6-11(9-10)7-4-3-5-8-11;1-3-10(2)7-5-4-6-9(10)8-11;1-3-6-10(2)7-4-5-9(10)8-11;1-5-7-9(3,4)8-6-2;1-7(6-9)5-8(2,3)4/h1H,4-10H2,2H3;1H,4-9H2,2H3;2*1,9H,7-8H2,2-5H3;1H,3-9H2;9,11H,3-8H2,1-2H3;1,9,11H,4-8H2,2H3;1-2H,7-8H2,3-4H3;9H,1,5-6H2,2-4H3/q9*+1/t;;2*9-;;9-,10?;9-,10+;;/m..10.11../s1. The van der Waals surface area contributed by atoms with Crippen molar-refractivity contribution in [2.45, 2.75) is 144 Å². The molecule has 5 fully saturated rings. The zero-order valence-electron chi connectivity index (χ0n) is 67.1. The summed E-state index contributed by atoms with van der Waals surface area (Å²) in [7, 11) is 22.8. The molecule has 100 heavy (non-hydrogen) atoms. The van der Waals surface area contributed by atoms with Crippen LogP contribution >= 0.6 is 0 Å². The molecule has 0 aromatic heterocycles. The molecule has 0 bridgehead atoms. The molecule has 0 amide bonds. The van der Waals surface area contributed by atoms with Gasteiger partial charge in [0.25, 0.3) is 0 Å². The zero-order chi connectivity index (χ0) is 77.9. The topological polar surface area (TPSA) is 129 Å². The normalized spacial score (nSPS) is 21.1. The van der Waals surface area contributed by atoms with Crippen LogP contribution in [-0.4, -0.2) is 339 Å². The predicted molar refractivity (Wildman–Crippen MR) is 416 cm³/mol. The van der Waals surface area contributed by atoms with Crippen LogP contribution < -0.4 is 0 Å². The van der Waals surface area contributed by atoms with Crippen molar-refractivity contribution < 1.29 is 79.2 Å². The van der Waals surface area contributed by atoms with E-state index in [1.165, 1.54) is 70.8 Å². The average molecular weight is 1400 g/mol. The van der Waals surface area contributed by atoms with Crippen molar-refractivity contribution in [1.82, 2.24) is 0 Å². The summed E-state index contributed by atoms with van der Waals surface area (Å²) in [6, 6.07) is 0.889. The Kier molecular flexibility index (Phi) is 53.6. The van der Waals surface area contributed by atoms with E-state index in [0.717, 1.165) is 148 Å². The van der Waals surface area contributed by atoms with E-state index in [-0.39, 0.29) is 55.0 Å². The van der Waals surface area contributed by atoms with Crippen molar-refractivity contribution in [3.05, 3.63) is 12.2 Å². The van der Waals surface area contributed by atoms with Crippen LogP contribution in [0, 0.1) is 111 Å². The number of quaternary nitrogens is 9. The van der Waals surface area contributed by atoms with Gasteiger partial charge in [-0.25, -0.2) is 0 Å². The first-order chi connectivity index (χ1) is 46.5. The van der Waals surface area contributed by atoms with Crippen molar-refractivity contribution in [1.29, 1.82) is 0 Å². The summed E-state index contributed by atoms with van der Waals surface area (Å²) in [5, 5.41) is 26.8. The molecule has 5 heterocycles. The Morgan fingerprint density at radius 3 is 1.05 bits per heavy atom. The highest BCUT2D eigenvalue weighted by molar-refractivity contribution is 5.78. The highest BCUT2D eigenvalue weighted by atomic mass is 19.1. The maximum Gasteiger partial charge on any atom is 0.222 e. The first-order valence-electron chi connectivity index (χ1n) is 36.5. The van der Waals surface area contributed by atoms with E-state index in [1.54, 1.807) is 27.7 Å². The third kappa shape index (κ3) is 47.5. The predicted octanol–water partition coefficient (Wildman–Crippen LogP) is 7.21. The number of likely N-dealkylation sites (N-methyl/N-ethyl adjacent to an activating group) is 3. The van der Waals surface area contributed by atoms with Crippen LogP contribution in [0.4, 0.5) is 4.39 Å². The fourth-order valence-corrected chi connectivity index (χ4v) is 13.5. The number of carbonyl (C=O) groups excluding carboxylic acids is 4. The van der Waals surface area contributed by atoms with E-state index in [4.69, 9.17) is 66.7 Å². The summed E-state index contributed by atoms with van der Waals surface area (Å²) in [5.74, 6) is 22.2. The number of halogens is 1. The summed E-state index contributed by atoms with van der Waals surface area (Å²) in [4.78, 5) is 44.0. The van der Waals surface area contributed by atoms with Gasteiger partial charge in [0, 0.05) is 51.5 Å². The molecule has 566 valence electrons. The number of rotatable bonds is 25. The van der Waals surface area contributed by atoms with Gasteiger partial charge in [-0.05, 0) is 120 Å². The molecule has 3 N–H and O–H groups in total. The van der Waals surface area contributed by atoms with Crippen molar-refractivity contribution in [3.63, 3.8) is 0 Å². The highest BCUT2D eigenvalue weighted by Crippen LogP contribution is 2.25. The number of alkyl halides is 1. The molecule has 5 aliphatic heterocycles. The Morgan fingerprint density at radius 2 is 0.770 bits per heavy atom. The fourth-order valence-electron chi connectivity index (χ4n) is 13.5. The molecule has 0 saturated carbocycles. The highest BCUT2D eigenvalue weighted by Gasteiger charge is 2.37. The molecule has 0 aliphatic carbocycles. The maximum absolute atomic E-state index is 12.6. The van der Waals surface area contributed by atoms with Crippen molar-refractivity contribution in [3.8, 4) is 98.8 Å². The first-order valence-corrected chi connectivity index (χ1v) is 36.5. The number of nitrogens with zero attached hydrogens (tertiary/aromatic N) is 9. The largest absolute Gasteiger partial charge is 0.392 e. The van der Waals surface area contributed by atoms with Crippen LogP contribution in [0.3, 0.4) is 0 Å². The Morgan fingerprint density at radius 1 is 0.460 bits per heavy atom. The molecule has 6 atom stereocenters. The second-order valence-electron chi connectivity index (χ2n) is 32.5. The van der Waals surface area contributed by atoms with Gasteiger partial charge in [-0.15, -0.1) is 51.4 Å². The van der Waals surface area contributed by atoms with Crippen LogP contribution in [0.1, 0.15) is 132 Å². The number of likely N-dealkylation sites (tertiary alicyclic amines) is 5. The van der Waals surface area contributed by atoms with Crippen molar-refractivity contribution >= 4 is 23.1 Å². The average Bonchev–Trinajstić information content (AvgIpc) is 1.50. The van der Waals surface area contributed by atoms with E-state index < -0.39 is 0 Å². The fraction of sp³-hybridized carbons (Fsp3) is 0.735. The molecule has 5 saturated heterocycles. The second-order valence-corrected chi connectivity index (χ2v) is 32.5. The summed E-state index contributed by atoms with van der Waals surface area (Å²) in [5.41, 5.74) is 0.891. The van der Waals surface area contributed by atoms with Crippen LogP contribution in [0.2, 0.25) is 0 Å². The first kappa shape index (κ1) is 101. The lowest BCUT2D eigenvalue weighted by Crippen LogP contribution is -2.56. The van der Waals surface area contributed by atoms with Crippen molar-refractivity contribution in [2.24, 2.45) is 11.8 Å². The molecule has 0 aromatic rings. The van der Waals surface area contributed by atoms with Crippen LogP contribution in [0.15, 0.2) is 12.2 Å². The minimum Gasteiger partial charge on any atom is -0.392 e. The molecular formula is C83H149FN9O7+9. The number of hydrogen-bond acceptors (Lipinski definition) is 7. The molecule has 16 nitrogen and oxygen atoms in total. The van der Waals surface area contributed by atoms with Gasteiger partial charge < -0.3 is 51.2 Å². The Labute approximate surface area is 614 Å². The Bertz CT molecular complexity index is 2620. The number of aliphatic hydroxyl groups excluding tert-OH is 3. The van der Waals surface area contributed by atoms with Gasteiger partial charge in [-0.1, -0.05) is 20.4 Å². The summed E-state index contributed by atoms with van der Waals surface area (Å²) < 4.78 is 19.7. The molecular weight excluding hydrogens is 1250 g/mol. The number of carbonyl (C=O) groups is 4. The van der Waals surface area contributed by atoms with E-state index in [0.29, 0.717) is 73.5 Å². The second kappa shape index (κ2) is 53.2. The van der Waals surface area contributed by atoms with Crippen LogP contribution in [0.5, 0.6) is 0 Å². The third-order valence-corrected chi connectivity index (χ3v) is 19.6. The SMILES string of the molecule is C#CC[N+](C)(C)CC#C.C#CC[N+](C)(C)C[C@@H](C)C(C)=O.C#CC[N+](C)(C)C[C@H](C)C(C)=O.C#CC[N+]1(CC(C)=O)CCCC1.C#CC[N+]1(CC(C)=O)CCCCC1.C#CC[N+]1(CF)CCCCC1.C#CC[N@@+]1(C)CCC[C@@H]1CO.C=C(CO)C[N+](C)(C)C.CC[N+]1(C)CCCC[C@@H]1CO. The Balaban J connectivity index is -0.000000520. The number of hydrogen-bond donors (Lipinski definition) is 3. The number of ketones is 4. The number of aliphatic hydroxyl groups is 3. The third-order valence-electron chi connectivity index (χ3n) is 19.6. The lowest BCUT2D eigenvalue weighted by Gasteiger charge is -2.43. The monoisotopic (exact) mass is 1400 g/mol. The van der Waals surface area contributed by atoms with Gasteiger partial charge in [0.15, 0.2) is 11.6 Å². The maximum atomic E-state index is 12.6. The summed E-state index contributed by atoms with van der Waals surface area (Å²) >= 11 is 0. The number of Topliss-reactive ketones (excluding diaryl/α,β-unsaturated/α-hetero) is 4. The van der Waals surface area contributed by atoms with E-state index in [9.17, 15) is 23.6 Å². The molecule has 5 rings (SSSR count). The molecule has 17 heteroatoms. The van der Waals surface area contributed by atoms with Crippen LogP contribution in [-0.2, 0) is 19.2 Å². The zero-order valence-corrected chi connectivity index (χ0v) is 67.1. The lowest BCUT2D eigenvalue weighted by molar-refractivity contribution is -0.937. The molecule has 0 radical (unpaired) electrons. The van der Waals surface area contributed by atoms with E-state index >= 15 is 0 Å². The minimum atomic E-state index is -0.288. The van der Waals surface area contributed by atoms with Gasteiger partial charge in [0.05, 0.1) is 181 Å². The molecule has 0 aromatic carbocycles. The van der Waals surface area contributed by atoms with Gasteiger partial charge in [0.2, 0.25) is 6.80 Å². The van der Waals surface area contributed by atoms with Gasteiger partial charge in [-0.3, -0.25) is 23.7 Å². The Hall–Kier alpha value is -5.65.